The Hall–Kier alpha value is -2.40. The zero-order valence-corrected chi connectivity index (χ0v) is 15.9. The van der Waals surface area contributed by atoms with Crippen LogP contribution in [0.4, 0.5) is 0 Å². The Kier molecular flexibility index (Phi) is 3.76. The topological polar surface area (TPSA) is 39.8 Å². The fourth-order valence-corrected chi connectivity index (χ4v) is 3.58. The molecular formula is C20H18BrN3O. The van der Waals surface area contributed by atoms with Crippen molar-refractivity contribution in [3.63, 3.8) is 0 Å². The van der Waals surface area contributed by atoms with Gasteiger partial charge in [-0.15, -0.1) is 0 Å². The molecule has 2 heterocycles. The Labute approximate surface area is 153 Å². The highest BCUT2D eigenvalue weighted by Gasteiger charge is 2.16. The van der Waals surface area contributed by atoms with E-state index in [9.17, 15) is 4.79 Å². The molecule has 0 saturated heterocycles. The Morgan fingerprint density at radius 3 is 2.48 bits per heavy atom. The molecule has 0 saturated carbocycles. The average molecular weight is 396 g/mol. The van der Waals surface area contributed by atoms with Gasteiger partial charge in [-0.25, -0.2) is 4.79 Å². The molecule has 0 atom stereocenters. The summed E-state index contributed by atoms with van der Waals surface area (Å²) in [7, 11) is 1.79. The number of benzene rings is 2. The third-order valence-corrected chi connectivity index (χ3v) is 5.16. The first kappa shape index (κ1) is 16.1. The minimum atomic E-state index is -0.0680. The number of hydrogen-bond donors (Lipinski definition) is 0. The molecular weight excluding hydrogens is 378 g/mol. The van der Waals surface area contributed by atoms with E-state index in [0.717, 1.165) is 32.1 Å². The van der Waals surface area contributed by atoms with Gasteiger partial charge in [0.15, 0.2) is 0 Å². The van der Waals surface area contributed by atoms with Gasteiger partial charge in [0.25, 0.3) is 0 Å². The van der Waals surface area contributed by atoms with Crippen LogP contribution in [0.1, 0.15) is 25.3 Å². The van der Waals surface area contributed by atoms with Crippen molar-refractivity contribution in [2.45, 2.75) is 19.8 Å². The van der Waals surface area contributed by atoms with E-state index in [1.54, 1.807) is 22.4 Å². The molecule has 4 nitrogen and oxygen atoms in total. The number of hydrogen-bond acceptors (Lipinski definition) is 2. The number of aryl methyl sites for hydroxylation is 1. The third kappa shape index (κ3) is 2.50. The molecule has 0 aliphatic carbocycles. The number of halogens is 1. The highest BCUT2D eigenvalue weighted by molar-refractivity contribution is 9.10. The summed E-state index contributed by atoms with van der Waals surface area (Å²) in [5, 5.41) is 0.956. The maximum atomic E-state index is 12.9. The lowest BCUT2D eigenvalue weighted by Crippen LogP contribution is -2.20. The summed E-state index contributed by atoms with van der Waals surface area (Å²) in [6.45, 7) is 4.32. The van der Waals surface area contributed by atoms with Crippen LogP contribution in [0.3, 0.4) is 0 Å². The maximum Gasteiger partial charge on any atom is 0.333 e. The average Bonchev–Trinajstić information content (AvgIpc) is 2.86. The highest BCUT2D eigenvalue weighted by atomic mass is 79.9. The number of aromatic nitrogens is 3. The molecule has 126 valence electrons. The second kappa shape index (κ2) is 5.85. The molecule has 0 spiro atoms. The quantitative estimate of drug-likeness (QED) is 0.490. The summed E-state index contributed by atoms with van der Waals surface area (Å²) in [6, 6.07) is 14.1. The van der Waals surface area contributed by atoms with Crippen molar-refractivity contribution in [1.82, 2.24) is 14.1 Å². The van der Waals surface area contributed by atoms with E-state index in [1.807, 2.05) is 30.3 Å². The summed E-state index contributed by atoms with van der Waals surface area (Å²) < 4.78 is 4.39. The second-order valence-electron chi connectivity index (χ2n) is 6.58. The fourth-order valence-electron chi connectivity index (χ4n) is 3.22. The Morgan fingerprint density at radius 2 is 1.80 bits per heavy atom. The lowest BCUT2D eigenvalue weighted by Gasteiger charge is -2.09. The number of nitrogens with zero attached hydrogens (tertiary/aromatic N) is 3. The van der Waals surface area contributed by atoms with Crippen LogP contribution in [0, 0.1) is 0 Å². The van der Waals surface area contributed by atoms with E-state index in [0.29, 0.717) is 5.92 Å². The van der Waals surface area contributed by atoms with Crippen molar-refractivity contribution in [3.05, 3.63) is 69.2 Å². The molecule has 0 unspecified atom stereocenters. The molecule has 0 amide bonds. The molecule has 4 rings (SSSR count). The first-order chi connectivity index (χ1) is 12.0. The number of fused-ring (bicyclic) bond motifs is 3. The van der Waals surface area contributed by atoms with Gasteiger partial charge in [-0.3, -0.25) is 14.1 Å². The van der Waals surface area contributed by atoms with Gasteiger partial charge in [0.05, 0.1) is 28.4 Å². The van der Waals surface area contributed by atoms with Crippen molar-refractivity contribution < 1.29 is 0 Å². The number of rotatable bonds is 2. The van der Waals surface area contributed by atoms with Gasteiger partial charge in [0.1, 0.15) is 0 Å². The molecule has 4 aromatic rings. The normalized spacial score (nSPS) is 11.7. The van der Waals surface area contributed by atoms with Gasteiger partial charge in [-0.05, 0) is 41.8 Å². The summed E-state index contributed by atoms with van der Waals surface area (Å²) in [5.41, 5.74) is 4.63. The van der Waals surface area contributed by atoms with Crippen LogP contribution >= 0.6 is 15.9 Å². The molecule has 2 aromatic carbocycles. The largest absolute Gasteiger partial charge is 0.333 e. The van der Waals surface area contributed by atoms with Crippen LogP contribution in [0.25, 0.3) is 27.6 Å². The van der Waals surface area contributed by atoms with Crippen LogP contribution in [0.15, 0.2) is 57.9 Å². The first-order valence-electron chi connectivity index (χ1n) is 8.23. The van der Waals surface area contributed by atoms with E-state index in [-0.39, 0.29) is 5.69 Å². The molecule has 5 heteroatoms. The van der Waals surface area contributed by atoms with Crippen molar-refractivity contribution in [1.29, 1.82) is 0 Å². The molecule has 0 fully saturated rings. The van der Waals surface area contributed by atoms with Gasteiger partial charge in [-0.1, -0.05) is 41.9 Å². The van der Waals surface area contributed by atoms with E-state index >= 15 is 0 Å². The number of imidazole rings is 1. The highest BCUT2D eigenvalue weighted by Crippen LogP contribution is 2.28. The predicted molar refractivity (Wildman–Crippen MR) is 106 cm³/mol. The zero-order valence-electron chi connectivity index (χ0n) is 14.3. The maximum absolute atomic E-state index is 12.9. The van der Waals surface area contributed by atoms with E-state index in [1.165, 1.54) is 5.56 Å². The van der Waals surface area contributed by atoms with Crippen molar-refractivity contribution in [2.24, 2.45) is 7.05 Å². The van der Waals surface area contributed by atoms with E-state index in [4.69, 9.17) is 0 Å². The summed E-state index contributed by atoms with van der Waals surface area (Å²) in [4.78, 5) is 17.4. The molecule has 0 radical (unpaired) electrons. The van der Waals surface area contributed by atoms with Crippen molar-refractivity contribution in [2.75, 3.05) is 0 Å². The van der Waals surface area contributed by atoms with E-state index in [2.05, 4.69) is 46.9 Å². The second-order valence-corrected chi connectivity index (χ2v) is 7.49. The Balaban J connectivity index is 2.10. The van der Waals surface area contributed by atoms with Crippen molar-refractivity contribution in [3.8, 4) is 5.69 Å². The van der Waals surface area contributed by atoms with Gasteiger partial charge in [-0.2, -0.15) is 0 Å². The first-order valence-corrected chi connectivity index (χ1v) is 9.02. The zero-order chi connectivity index (χ0) is 17.7. The van der Waals surface area contributed by atoms with Crippen LogP contribution in [0.2, 0.25) is 0 Å². The molecule has 0 bridgehead atoms. The monoisotopic (exact) mass is 395 g/mol. The lowest BCUT2D eigenvalue weighted by atomic mass is 10.0. The Bertz CT molecular complexity index is 1150. The van der Waals surface area contributed by atoms with Crippen LogP contribution < -0.4 is 5.69 Å². The van der Waals surface area contributed by atoms with Crippen LogP contribution in [-0.4, -0.2) is 14.1 Å². The smallest absolute Gasteiger partial charge is 0.293 e. The standard InChI is InChI=1S/C20H18BrN3O/c1-12(2)13-4-7-15(8-5-13)24-19-16-10-14(21)6-9-17(16)22-11-18(19)23(3)20(24)25/h4-12H,1-3H3. The lowest BCUT2D eigenvalue weighted by molar-refractivity contribution is 0.841. The molecule has 25 heavy (non-hydrogen) atoms. The Morgan fingerprint density at radius 1 is 1.08 bits per heavy atom. The predicted octanol–water partition coefficient (Wildman–Crippen LogP) is 4.76. The molecule has 0 aliphatic rings. The van der Waals surface area contributed by atoms with Gasteiger partial charge in [0, 0.05) is 16.9 Å². The van der Waals surface area contributed by atoms with Gasteiger partial charge >= 0.3 is 5.69 Å². The number of pyridine rings is 1. The van der Waals surface area contributed by atoms with E-state index < -0.39 is 0 Å². The molecule has 0 N–H and O–H groups in total. The molecule has 2 aromatic heterocycles. The van der Waals surface area contributed by atoms with Gasteiger partial charge in [0.2, 0.25) is 0 Å². The minimum Gasteiger partial charge on any atom is -0.293 e. The van der Waals surface area contributed by atoms with Crippen LogP contribution in [0.5, 0.6) is 0 Å². The minimum absolute atomic E-state index is 0.0680. The fraction of sp³-hybridized carbons (Fsp3) is 0.200. The van der Waals surface area contributed by atoms with Crippen molar-refractivity contribution >= 4 is 37.9 Å². The molecule has 0 aliphatic heterocycles. The summed E-state index contributed by atoms with van der Waals surface area (Å²) in [6.07, 6.45) is 1.77. The summed E-state index contributed by atoms with van der Waals surface area (Å²) >= 11 is 3.53. The third-order valence-electron chi connectivity index (χ3n) is 4.66. The van der Waals surface area contributed by atoms with Crippen LogP contribution in [-0.2, 0) is 7.05 Å². The van der Waals surface area contributed by atoms with Gasteiger partial charge < -0.3 is 0 Å². The SMILES string of the molecule is CC(C)c1ccc(-n2c(=O)n(C)c3cnc4ccc(Br)cc4c32)cc1. The summed E-state index contributed by atoms with van der Waals surface area (Å²) in [5.74, 6) is 0.458.